The van der Waals surface area contributed by atoms with Crippen LogP contribution in [0.4, 0.5) is 11.9 Å². The number of nitrogens with one attached hydrogen (secondary N) is 3. The average Bonchev–Trinajstić information content (AvgIpc) is 2.75. The molecule has 0 amide bonds. The number of likely N-dealkylation sites (tertiary alicyclic amines) is 1. The van der Waals surface area contributed by atoms with E-state index < -0.39 is 0 Å². The third-order valence-corrected chi connectivity index (χ3v) is 5.46. The molecule has 0 aromatic carbocycles. The van der Waals surface area contributed by atoms with Crippen molar-refractivity contribution in [2.45, 2.75) is 25.3 Å². The smallest absolute Gasteiger partial charge is 0.378 e. The van der Waals surface area contributed by atoms with Crippen LogP contribution in [-0.4, -0.2) is 66.3 Å². The first-order chi connectivity index (χ1) is 13.7. The molecule has 4 heterocycles. The molecule has 9 nitrogen and oxygen atoms in total. The van der Waals surface area contributed by atoms with E-state index in [0.717, 1.165) is 57.2 Å². The van der Waals surface area contributed by atoms with Gasteiger partial charge in [-0.2, -0.15) is 0 Å². The maximum Gasteiger partial charge on any atom is 0.388 e. The summed E-state index contributed by atoms with van der Waals surface area (Å²) < 4.78 is 5.39. The number of aromatic nitrogens is 4. The SMILES string of the molecule is CNc1ncc(CN2CCC(c3cc(=O)[nH]c(N4CCOCC4)n3)CC2)c[nH+]1. The normalized spacial score (nSPS) is 19.0. The second-order valence-corrected chi connectivity index (χ2v) is 7.36. The number of morpholine rings is 1. The van der Waals surface area contributed by atoms with E-state index in [9.17, 15) is 4.79 Å². The fourth-order valence-electron chi connectivity index (χ4n) is 3.85. The highest BCUT2D eigenvalue weighted by molar-refractivity contribution is 5.31. The van der Waals surface area contributed by atoms with Gasteiger partial charge in [-0.05, 0) is 25.9 Å². The van der Waals surface area contributed by atoms with Crippen LogP contribution >= 0.6 is 0 Å². The van der Waals surface area contributed by atoms with E-state index in [0.29, 0.717) is 25.1 Å². The molecule has 0 unspecified atom stereocenters. The first-order valence-electron chi connectivity index (χ1n) is 9.92. The molecule has 2 aromatic rings. The number of nitrogens with zero attached hydrogens (tertiary/aromatic N) is 4. The Morgan fingerprint density at radius 3 is 2.75 bits per heavy atom. The standard InChI is InChI=1S/C19H27N7O2/c1-20-18-21-11-14(12-22-18)13-25-4-2-15(3-5-25)16-10-17(27)24-19(23-16)26-6-8-28-9-7-26/h10-12,15H,2-9,13H2,1H3,(H,20,21,22)(H,23,24,27)/p+1. The van der Waals surface area contributed by atoms with Gasteiger partial charge in [0.2, 0.25) is 5.95 Å². The Morgan fingerprint density at radius 2 is 2.07 bits per heavy atom. The Kier molecular flexibility index (Phi) is 5.82. The minimum absolute atomic E-state index is 0.0693. The van der Waals surface area contributed by atoms with Gasteiger partial charge in [0.15, 0.2) is 0 Å². The van der Waals surface area contributed by atoms with E-state index in [1.165, 1.54) is 5.56 Å². The number of piperidine rings is 1. The second-order valence-electron chi connectivity index (χ2n) is 7.36. The van der Waals surface area contributed by atoms with Crippen LogP contribution in [-0.2, 0) is 11.3 Å². The van der Waals surface area contributed by atoms with Gasteiger partial charge >= 0.3 is 5.95 Å². The van der Waals surface area contributed by atoms with Crippen molar-refractivity contribution in [2.24, 2.45) is 0 Å². The molecule has 2 saturated heterocycles. The van der Waals surface area contributed by atoms with Crippen molar-refractivity contribution < 1.29 is 9.72 Å². The molecule has 150 valence electrons. The predicted octanol–water partition coefficient (Wildman–Crippen LogP) is 0.237. The minimum Gasteiger partial charge on any atom is -0.378 e. The number of anilines is 2. The zero-order valence-corrected chi connectivity index (χ0v) is 16.3. The molecule has 2 aliphatic heterocycles. The molecule has 3 N–H and O–H groups in total. The van der Waals surface area contributed by atoms with Gasteiger partial charge in [-0.25, -0.2) is 9.97 Å². The number of ether oxygens (including phenoxy) is 1. The number of H-pyrrole nitrogens is 2. The van der Waals surface area contributed by atoms with Crippen molar-refractivity contribution in [1.29, 1.82) is 0 Å². The van der Waals surface area contributed by atoms with Crippen molar-refractivity contribution >= 4 is 11.9 Å². The summed E-state index contributed by atoms with van der Waals surface area (Å²) in [7, 11) is 1.84. The monoisotopic (exact) mass is 386 g/mol. The topological polar surface area (TPSA) is 101 Å². The van der Waals surface area contributed by atoms with Gasteiger partial charge in [0.25, 0.3) is 5.56 Å². The summed E-state index contributed by atoms with van der Waals surface area (Å²) >= 11 is 0. The second kappa shape index (κ2) is 8.66. The van der Waals surface area contributed by atoms with Gasteiger partial charge in [0, 0.05) is 37.2 Å². The average molecular weight is 386 g/mol. The maximum absolute atomic E-state index is 12.2. The largest absolute Gasteiger partial charge is 0.388 e. The minimum atomic E-state index is -0.0693. The Hall–Kier alpha value is -2.52. The maximum atomic E-state index is 12.2. The zero-order chi connectivity index (χ0) is 19.3. The first kappa shape index (κ1) is 18.8. The van der Waals surface area contributed by atoms with Crippen LogP contribution in [0.1, 0.15) is 30.0 Å². The predicted molar refractivity (Wildman–Crippen MR) is 105 cm³/mol. The zero-order valence-electron chi connectivity index (χ0n) is 16.3. The molecule has 28 heavy (non-hydrogen) atoms. The van der Waals surface area contributed by atoms with Crippen LogP contribution in [0.25, 0.3) is 0 Å². The lowest BCUT2D eigenvalue weighted by Crippen LogP contribution is -2.39. The Bertz CT molecular complexity index is 825. The molecule has 0 bridgehead atoms. The molecule has 0 radical (unpaired) electrons. The molecule has 0 spiro atoms. The summed E-state index contributed by atoms with van der Waals surface area (Å²) in [6.45, 7) is 5.73. The fourth-order valence-corrected chi connectivity index (χ4v) is 3.85. The third kappa shape index (κ3) is 4.48. The molecule has 2 aliphatic rings. The first-order valence-corrected chi connectivity index (χ1v) is 9.92. The van der Waals surface area contributed by atoms with Crippen molar-refractivity contribution in [3.63, 3.8) is 0 Å². The fraction of sp³-hybridized carbons (Fsp3) is 0.579. The summed E-state index contributed by atoms with van der Waals surface area (Å²) in [5, 5.41) is 2.99. The molecular weight excluding hydrogens is 358 g/mol. The summed E-state index contributed by atoms with van der Waals surface area (Å²) in [5.74, 6) is 1.77. The number of aromatic amines is 2. The summed E-state index contributed by atoms with van der Waals surface area (Å²) in [6, 6.07) is 1.67. The highest BCUT2D eigenvalue weighted by atomic mass is 16.5. The van der Waals surface area contributed by atoms with E-state index in [4.69, 9.17) is 9.72 Å². The Labute approximate surface area is 164 Å². The van der Waals surface area contributed by atoms with E-state index in [1.807, 2.05) is 19.4 Å². The van der Waals surface area contributed by atoms with Crippen LogP contribution in [0.5, 0.6) is 0 Å². The summed E-state index contributed by atoms with van der Waals surface area (Å²) in [4.78, 5) is 31.8. The van der Waals surface area contributed by atoms with Crippen LogP contribution in [0.2, 0.25) is 0 Å². The van der Waals surface area contributed by atoms with E-state index in [2.05, 4.69) is 30.1 Å². The summed E-state index contributed by atoms with van der Waals surface area (Å²) in [6.07, 6.45) is 5.91. The van der Waals surface area contributed by atoms with Gasteiger partial charge in [-0.3, -0.25) is 20.0 Å². The highest BCUT2D eigenvalue weighted by Gasteiger charge is 2.24. The lowest BCUT2D eigenvalue weighted by Gasteiger charge is -2.32. The van der Waals surface area contributed by atoms with E-state index >= 15 is 0 Å². The van der Waals surface area contributed by atoms with Crippen molar-refractivity contribution in [2.75, 3.05) is 56.7 Å². The molecule has 0 saturated carbocycles. The quantitative estimate of drug-likeness (QED) is 0.759. The lowest BCUT2D eigenvalue weighted by molar-refractivity contribution is -0.366. The third-order valence-electron chi connectivity index (χ3n) is 5.46. The van der Waals surface area contributed by atoms with Gasteiger partial charge in [0.1, 0.15) is 6.20 Å². The van der Waals surface area contributed by atoms with Crippen LogP contribution in [0.15, 0.2) is 23.3 Å². The van der Waals surface area contributed by atoms with Gasteiger partial charge in [-0.15, -0.1) is 0 Å². The van der Waals surface area contributed by atoms with E-state index in [1.54, 1.807) is 6.07 Å². The molecular formula is C19H28N7O2+. The molecule has 9 heteroatoms. The van der Waals surface area contributed by atoms with Crippen LogP contribution in [0, 0.1) is 0 Å². The molecule has 2 aromatic heterocycles. The molecule has 4 rings (SSSR count). The van der Waals surface area contributed by atoms with Gasteiger partial charge in [-0.1, -0.05) is 4.98 Å². The number of rotatable bonds is 5. The lowest BCUT2D eigenvalue weighted by atomic mass is 9.93. The van der Waals surface area contributed by atoms with Crippen molar-refractivity contribution in [1.82, 2.24) is 19.9 Å². The molecule has 0 atom stereocenters. The van der Waals surface area contributed by atoms with Gasteiger partial charge in [0.05, 0.1) is 32.2 Å². The molecule has 0 aliphatic carbocycles. The van der Waals surface area contributed by atoms with Gasteiger partial charge < -0.3 is 9.64 Å². The van der Waals surface area contributed by atoms with Crippen molar-refractivity contribution in [3.05, 3.63) is 40.1 Å². The molecule has 2 fully saturated rings. The highest BCUT2D eigenvalue weighted by Crippen LogP contribution is 2.27. The van der Waals surface area contributed by atoms with Crippen LogP contribution in [0.3, 0.4) is 0 Å². The van der Waals surface area contributed by atoms with E-state index in [-0.39, 0.29) is 5.56 Å². The van der Waals surface area contributed by atoms with Crippen LogP contribution < -0.4 is 20.8 Å². The number of hydrogen-bond acceptors (Lipinski definition) is 7. The van der Waals surface area contributed by atoms with Crippen molar-refractivity contribution in [3.8, 4) is 0 Å². The Morgan fingerprint density at radius 1 is 1.29 bits per heavy atom. The summed E-state index contributed by atoms with van der Waals surface area (Å²) in [5.41, 5.74) is 2.01. The Balaban J connectivity index is 1.37. The number of hydrogen-bond donors (Lipinski definition) is 2.